The van der Waals surface area contributed by atoms with Crippen molar-refractivity contribution < 1.29 is 12.8 Å². The van der Waals surface area contributed by atoms with E-state index < -0.39 is 15.8 Å². The van der Waals surface area contributed by atoms with Crippen LogP contribution >= 0.6 is 0 Å². The van der Waals surface area contributed by atoms with Crippen LogP contribution in [0.25, 0.3) is 0 Å². The van der Waals surface area contributed by atoms with Crippen LogP contribution in [0, 0.1) is 5.82 Å². The molecule has 7 heteroatoms. The Morgan fingerprint density at radius 3 is 2.79 bits per heavy atom. The molecule has 1 fully saturated rings. The van der Waals surface area contributed by atoms with Crippen LogP contribution in [0.2, 0.25) is 0 Å². The number of nitrogen functional groups attached to an aromatic ring is 1. The fraction of sp³-hybridized carbons (Fsp3) is 0.500. The van der Waals surface area contributed by atoms with E-state index in [0.29, 0.717) is 6.54 Å². The molecular weight excluding hydrogens is 269 g/mol. The van der Waals surface area contributed by atoms with Gasteiger partial charge in [-0.15, -0.1) is 0 Å². The van der Waals surface area contributed by atoms with Crippen molar-refractivity contribution in [3.05, 3.63) is 24.0 Å². The van der Waals surface area contributed by atoms with Crippen molar-refractivity contribution in [1.29, 1.82) is 0 Å². The van der Waals surface area contributed by atoms with Crippen LogP contribution in [-0.2, 0) is 10.0 Å². The average Bonchev–Trinajstić information content (AvgIpc) is 2.71. The standard InChI is InChI=1S/C12H18FN3O2S/c1-16-4-2-3-11(16)8-15-19(17,18)12-6-9(13)5-10(14)7-12/h5-7,11,15H,2-4,8,14H2,1H3. The summed E-state index contributed by atoms with van der Waals surface area (Å²) < 4.78 is 39.8. The summed E-state index contributed by atoms with van der Waals surface area (Å²) in [4.78, 5) is 1.98. The van der Waals surface area contributed by atoms with Crippen LogP contribution in [0.3, 0.4) is 0 Å². The van der Waals surface area contributed by atoms with Crippen molar-refractivity contribution in [3.8, 4) is 0 Å². The van der Waals surface area contributed by atoms with Crippen molar-refractivity contribution in [1.82, 2.24) is 9.62 Å². The van der Waals surface area contributed by atoms with Crippen molar-refractivity contribution >= 4 is 15.7 Å². The minimum absolute atomic E-state index is 0.0957. The lowest BCUT2D eigenvalue weighted by Crippen LogP contribution is -2.38. The van der Waals surface area contributed by atoms with E-state index in [1.807, 2.05) is 7.05 Å². The molecule has 1 aromatic carbocycles. The van der Waals surface area contributed by atoms with E-state index in [2.05, 4.69) is 9.62 Å². The second-order valence-electron chi connectivity index (χ2n) is 4.85. The molecule has 2 rings (SSSR count). The van der Waals surface area contributed by atoms with Crippen molar-refractivity contribution in [2.24, 2.45) is 0 Å². The first-order chi connectivity index (χ1) is 8.88. The molecule has 1 unspecified atom stereocenters. The predicted molar refractivity (Wildman–Crippen MR) is 71.7 cm³/mol. The fourth-order valence-electron chi connectivity index (χ4n) is 2.27. The average molecular weight is 287 g/mol. The normalized spacial score (nSPS) is 20.8. The Kier molecular flexibility index (Phi) is 4.07. The number of halogens is 1. The summed E-state index contributed by atoms with van der Waals surface area (Å²) in [5.41, 5.74) is 5.55. The van der Waals surface area contributed by atoms with Gasteiger partial charge in [-0.1, -0.05) is 0 Å². The van der Waals surface area contributed by atoms with Gasteiger partial charge in [0.25, 0.3) is 0 Å². The van der Waals surface area contributed by atoms with Crippen LogP contribution < -0.4 is 10.5 Å². The Bertz CT molecular complexity index is 542. The third-order valence-corrected chi connectivity index (χ3v) is 4.79. The maximum atomic E-state index is 13.2. The number of sulfonamides is 1. The molecule has 0 radical (unpaired) electrons. The van der Waals surface area contributed by atoms with Gasteiger partial charge in [0.1, 0.15) is 5.82 Å². The highest BCUT2D eigenvalue weighted by atomic mass is 32.2. The number of anilines is 1. The second-order valence-corrected chi connectivity index (χ2v) is 6.62. The Labute approximate surface area is 112 Å². The molecule has 106 valence electrons. The summed E-state index contributed by atoms with van der Waals surface area (Å²) in [5.74, 6) is -0.654. The molecule has 0 saturated carbocycles. The van der Waals surface area contributed by atoms with Gasteiger partial charge in [0.2, 0.25) is 10.0 Å². The highest BCUT2D eigenvalue weighted by Crippen LogP contribution is 2.17. The van der Waals surface area contributed by atoms with Crippen LogP contribution in [-0.4, -0.2) is 39.5 Å². The van der Waals surface area contributed by atoms with E-state index in [0.717, 1.165) is 31.5 Å². The number of likely N-dealkylation sites (tertiary alicyclic amines) is 1. The zero-order chi connectivity index (χ0) is 14.0. The van der Waals surface area contributed by atoms with Gasteiger partial charge in [-0.2, -0.15) is 0 Å². The number of hydrogen-bond donors (Lipinski definition) is 2. The maximum Gasteiger partial charge on any atom is 0.240 e. The van der Waals surface area contributed by atoms with Crippen LogP contribution in [0.15, 0.2) is 23.1 Å². The largest absolute Gasteiger partial charge is 0.399 e. The number of hydrogen-bond acceptors (Lipinski definition) is 4. The molecule has 0 bridgehead atoms. The van der Waals surface area contributed by atoms with Gasteiger partial charge in [0.05, 0.1) is 4.90 Å². The summed E-state index contributed by atoms with van der Waals surface area (Å²) in [6.45, 7) is 1.30. The van der Waals surface area contributed by atoms with Crippen LogP contribution in [0.4, 0.5) is 10.1 Å². The summed E-state index contributed by atoms with van der Waals surface area (Å²) in [5, 5.41) is 0. The first kappa shape index (κ1) is 14.2. The van der Waals surface area contributed by atoms with Gasteiger partial charge in [-0.05, 0) is 44.6 Å². The Hall–Kier alpha value is -1.18. The molecule has 0 spiro atoms. The Balaban J connectivity index is 2.09. The zero-order valence-corrected chi connectivity index (χ0v) is 11.6. The number of likely N-dealkylation sites (N-methyl/N-ethyl adjacent to an activating group) is 1. The SMILES string of the molecule is CN1CCCC1CNS(=O)(=O)c1cc(N)cc(F)c1. The van der Waals surface area contributed by atoms with Crippen LogP contribution in [0.1, 0.15) is 12.8 Å². The zero-order valence-electron chi connectivity index (χ0n) is 10.8. The van der Waals surface area contributed by atoms with Crippen molar-refractivity contribution in [2.45, 2.75) is 23.8 Å². The maximum absolute atomic E-state index is 13.2. The van der Waals surface area contributed by atoms with Gasteiger partial charge < -0.3 is 10.6 Å². The van der Waals surface area contributed by atoms with E-state index in [4.69, 9.17) is 5.73 Å². The number of nitrogens with one attached hydrogen (secondary N) is 1. The predicted octanol–water partition coefficient (Wildman–Crippen LogP) is 0.780. The summed E-state index contributed by atoms with van der Waals surface area (Å²) in [6.07, 6.45) is 2.03. The fourth-order valence-corrected chi connectivity index (χ4v) is 3.40. The summed E-state index contributed by atoms with van der Waals surface area (Å²) in [6, 6.07) is 3.51. The van der Waals surface area contributed by atoms with Crippen LogP contribution in [0.5, 0.6) is 0 Å². The lowest BCUT2D eigenvalue weighted by molar-refractivity contribution is 0.311. The molecule has 1 aliphatic rings. The van der Waals surface area contributed by atoms with E-state index in [1.165, 1.54) is 6.07 Å². The summed E-state index contributed by atoms with van der Waals surface area (Å²) in [7, 11) is -1.75. The third-order valence-electron chi connectivity index (χ3n) is 3.38. The highest BCUT2D eigenvalue weighted by Gasteiger charge is 2.23. The molecule has 0 aliphatic carbocycles. The van der Waals surface area contributed by atoms with E-state index in [9.17, 15) is 12.8 Å². The smallest absolute Gasteiger partial charge is 0.240 e. The molecule has 1 aliphatic heterocycles. The number of rotatable bonds is 4. The monoisotopic (exact) mass is 287 g/mol. The van der Waals surface area contributed by atoms with Gasteiger partial charge in [-0.3, -0.25) is 0 Å². The van der Waals surface area contributed by atoms with Crippen molar-refractivity contribution in [2.75, 3.05) is 25.9 Å². The molecule has 1 aromatic rings. The van der Waals surface area contributed by atoms with E-state index in [1.54, 1.807) is 0 Å². The lowest BCUT2D eigenvalue weighted by atomic mass is 10.2. The molecule has 3 N–H and O–H groups in total. The second kappa shape index (κ2) is 5.44. The number of nitrogens with two attached hydrogens (primary N) is 1. The Morgan fingerprint density at radius 1 is 1.47 bits per heavy atom. The van der Waals surface area contributed by atoms with Gasteiger partial charge in [-0.25, -0.2) is 17.5 Å². The molecule has 19 heavy (non-hydrogen) atoms. The number of benzene rings is 1. The lowest BCUT2D eigenvalue weighted by Gasteiger charge is -2.19. The van der Waals surface area contributed by atoms with Crippen molar-refractivity contribution in [3.63, 3.8) is 0 Å². The first-order valence-corrected chi connectivity index (χ1v) is 7.63. The minimum atomic E-state index is -3.71. The highest BCUT2D eigenvalue weighted by molar-refractivity contribution is 7.89. The first-order valence-electron chi connectivity index (χ1n) is 6.14. The molecule has 5 nitrogen and oxygen atoms in total. The third kappa shape index (κ3) is 3.43. The van der Waals surface area contributed by atoms with Gasteiger partial charge in [0.15, 0.2) is 0 Å². The molecule has 1 heterocycles. The van der Waals surface area contributed by atoms with Gasteiger partial charge in [0, 0.05) is 18.3 Å². The van der Waals surface area contributed by atoms with E-state index >= 15 is 0 Å². The minimum Gasteiger partial charge on any atom is -0.399 e. The molecule has 1 atom stereocenters. The molecule has 0 aromatic heterocycles. The Morgan fingerprint density at radius 2 is 2.21 bits per heavy atom. The molecule has 0 amide bonds. The topological polar surface area (TPSA) is 75.4 Å². The molecular formula is C12H18FN3O2S. The number of nitrogens with zero attached hydrogens (tertiary/aromatic N) is 1. The quantitative estimate of drug-likeness (QED) is 0.803. The molecule has 1 saturated heterocycles. The summed E-state index contributed by atoms with van der Waals surface area (Å²) >= 11 is 0. The van der Waals surface area contributed by atoms with E-state index in [-0.39, 0.29) is 16.6 Å². The van der Waals surface area contributed by atoms with Gasteiger partial charge >= 0.3 is 0 Å².